The maximum Gasteiger partial charge on any atom is 0.427 e. The Bertz CT molecular complexity index is 1010. The molecule has 0 saturated carbocycles. The number of nitrogens with one attached hydrogen (secondary N) is 1. The van der Waals surface area contributed by atoms with Gasteiger partial charge >= 0.3 is 6.09 Å². The normalized spacial score (nSPS) is 12.2. The van der Waals surface area contributed by atoms with E-state index in [-0.39, 0.29) is 0 Å². The molecule has 6 nitrogen and oxygen atoms in total. The lowest BCUT2D eigenvalue weighted by atomic mass is 9.98. The van der Waals surface area contributed by atoms with Crippen LogP contribution in [0.25, 0.3) is 10.9 Å². The molecule has 3 aromatic rings. The SMILES string of the molecule is CCOC(=O)N/N=C\c1cn(CCOc2ccccc2[C@@H](C)CC)c2ccccc12. The molecular formula is C24H29N3O3. The van der Waals surface area contributed by atoms with Gasteiger partial charge in [0.15, 0.2) is 0 Å². The highest BCUT2D eigenvalue weighted by Gasteiger charge is 2.11. The monoisotopic (exact) mass is 407 g/mol. The molecule has 2 aromatic carbocycles. The number of aromatic nitrogens is 1. The first kappa shape index (κ1) is 21.4. The van der Waals surface area contributed by atoms with E-state index in [0.717, 1.165) is 28.6 Å². The van der Waals surface area contributed by atoms with Gasteiger partial charge in [0.05, 0.1) is 19.4 Å². The molecule has 1 N–H and O–H groups in total. The summed E-state index contributed by atoms with van der Waals surface area (Å²) in [6, 6.07) is 16.3. The van der Waals surface area contributed by atoms with Crippen LogP contribution in [0.15, 0.2) is 59.8 Å². The summed E-state index contributed by atoms with van der Waals surface area (Å²) in [7, 11) is 0. The summed E-state index contributed by atoms with van der Waals surface area (Å²) in [4.78, 5) is 11.4. The predicted molar refractivity (Wildman–Crippen MR) is 120 cm³/mol. The number of carbonyl (C=O) groups excluding carboxylic acids is 1. The van der Waals surface area contributed by atoms with Gasteiger partial charge in [-0.15, -0.1) is 0 Å². The van der Waals surface area contributed by atoms with Gasteiger partial charge in [0.25, 0.3) is 0 Å². The van der Waals surface area contributed by atoms with Crippen LogP contribution >= 0.6 is 0 Å². The molecule has 6 heteroatoms. The molecule has 0 aliphatic heterocycles. The summed E-state index contributed by atoms with van der Waals surface area (Å²) in [6.07, 6.45) is 4.16. The molecule has 0 unspecified atom stereocenters. The van der Waals surface area contributed by atoms with E-state index in [4.69, 9.17) is 9.47 Å². The zero-order chi connectivity index (χ0) is 21.3. The van der Waals surface area contributed by atoms with E-state index in [9.17, 15) is 4.79 Å². The Hall–Kier alpha value is -3.28. The second-order valence-electron chi connectivity index (χ2n) is 7.08. The number of benzene rings is 2. The molecule has 0 bridgehead atoms. The number of carbonyl (C=O) groups is 1. The van der Waals surface area contributed by atoms with Crippen LogP contribution in [0, 0.1) is 0 Å². The van der Waals surface area contributed by atoms with Crippen molar-refractivity contribution >= 4 is 23.2 Å². The standard InChI is InChI=1S/C24H29N3O3/c1-4-18(3)20-10-7-9-13-23(20)30-15-14-27-17-19(16-25-26-24(28)29-5-2)21-11-6-8-12-22(21)27/h6-13,16-18H,4-5,14-15H2,1-3H3,(H,26,28)/b25-16-/t18-/m0/s1. The summed E-state index contributed by atoms with van der Waals surface area (Å²) in [5.74, 6) is 1.41. The third-order valence-corrected chi connectivity index (χ3v) is 5.11. The van der Waals surface area contributed by atoms with Crippen LogP contribution in [-0.4, -0.2) is 30.1 Å². The van der Waals surface area contributed by atoms with E-state index in [1.165, 1.54) is 5.56 Å². The maximum atomic E-state index is 11.4. The molecule has 0 aliphatic rings. The molecule has 0 radical (unpaired) electrons. The average Bonchev–Trinajstić information content (AvgIpc) is 3.11. The Morgan fingerprint density at radius 1 is 1.17 bits per heavy atom. The van der Waals surface area contributed by atoms with Gasteiger partial charge in [-0.05, 0) is 37.0 Å². The van der Waals surface area contributed by atoms with Gasteiger partial charge in [0, 0.05) is 22.7 Å². The Kier molecular flexibility index (Phi) is 7.49. The number of ether oxygens (including phenoxy) is 2. The predicted octanol–water partition coefficient (Wildman–Crippen LogP) is 5.31. The quantitative estimate of drug-likeness (QED) is 0.386. The van der Waals surface area contributed by atoms with Crippen LogP contribution < -0.4 is 10.2 Å². The average molecular weight is 408 g/mol. The molecule has 1 atom stereocenters. The van der Waals surface area contributed by atoms with Crippen molar-refractivity contribution < 1.29 is 14.3 Å². The van der Waals surface area contributed by atoms with Gasteiger partial charge in [0.2, 0.25) is 0 Å². The molecule has 3 rings (SSSR count). The number of nitrogens with zero attached hydrogens (tertiary/aromatic N) is 2. The Morgan fingerprint density at radius 2 is 1.93 bits per heavy atom. The summed E-state index contributed by atoms with van der Waals surface area (Å²) < 4.78 is 13.1. The highest BCUT2D eigenvalue weighted by Crippen LogP contribution is 2.28. The topological polar surface area (TPSA) is 64.8 Å². The lowest BCUT2D eigenvalue weighted by molar-refractivity contribution is 0.152. The lowest BCUT2D eigenvalue weighted by Gasteiger charge is -2.16. The van der Waals surface area contributed by atoms with Gasteiger partial charge in [-0.25, -0.2) is 10.2 Å². The second-order valence-corrected chi connectivity index (χ2v) is 7.08. The summed E-state index contributed by atoms with van der Waals surface area (Å²) in [5.41, 5.74) is 5.62. The van der Waals surface area contributed by atoms with E-state index < -0.39 is 6.09 Å². The molecule has 0 fully saturated rings. The summed E-state index contributed by atoms with van der Waals surface area (Å²) in [5, 5.41) is 5.06. The van der Waals surface area contributed by atoms with Crippen LogP contribution in [0.1, 0.15) is 44.2 Å². The van der Waals surface area contributed by atoms with Crippen molar-refractivity contribution in [1.82, 2.24) is 9.99 Å². The molecule has 0 spiro atoms. The van der Waals surface area contributed by atoms with Gasteiger partial charge in [0.1, 0.15) is 12.4 Å². The molecule has 1 amide bonds. The Labute approximate surface area is 177 Å². The van der Waals surface area contributed by atoms with Gasteiger partial charge < -0.3 is 14.0 Å². The maximum absolute atomic E-state index is 11.4. The first-order valence-corrected chi connectivity index (χ1v) is 10.4. The molecule has 1 aromatic heterocycles. The van der Waals surface area contributed by atoms with E-state index >= 15 is 0 Å². The molecule has 158 valence electrons. The van der Waals surface area contributed by atoms with Crippen molar-refractivity contribution in [2.75, 3.05) is 13.2 Å². The van der Waals surface area contributed by atoms with Crippen molar-refractivity contribution in [3.05, 3.63) is 65.9 Å². The number of hydrazone groups is 1. The minimum Gasteiger partial charge on any atom is -0.491 e. The molecular weight excluding hydrogens is 378 g/mol. The van der Waals surface area contributed by atoms with Crippen molar-refractivity contribution in [2.24, 2.45) is 5.10 Å². The van der Waals surface area contributed by atoms with Crippen molar-refractivity contribution in [3.8, 4) is 5.75 Å². The smallest absolute Gasteiger partial charge is 0.427 e. The highest BCUT2D eigenvalue weighted by molar-refractivity contribution is 5.99. The van der Waals surface area contributed by atoms with Gasteiger partial charge in [-0.1, -0.05) is 50.2 Å². The van der Waals surface area contributed by atoms with Crippen LogP contribution in [0.3, 0.4) is 0 Å². The van der Waals surface area contributed by atoms with E-state index in [2.05, 4.69) is 47.1 Å². The zero-order valence-corrected chi connectivity index (χ0v) is 17.8. The van der Waals surface area contributed by atoms with Crippen LogP contribution in [0.5, 0.6) is 5.75 Å². The van der Waals surface area contributed by atoms with Gasteiger partial charge in [-0.3, -0.25) is 0 Å². The number of para-hydroxylation sites is 2. The largest absolute Gasteiger partial charge is 0.491 e. The van der Waals surface area contributed by atoms with Crippen molar-refractivity contribution in [3.63, 3.8) is 0 Å². The van der Waals surface area contributed by atoms with Crippen molar-refractivity contribution in [2.45, 2.75) is 39.7 Å². The third-order valence-electron chi connectivity index (χ3n) is 5.11. The zero-order valence-electron chi connectivity index (χ0n) is 17.8. The molecule has 1 heterocycles. The summed E-state index contributed by atoms with van der Waals surface area (Å²) in [6.45, 7) is 7.73. The fourth-order valence-electron chi connectivity index (χ4n) is 3.37. The minimum absolute atomic E-state index is 0.306. The number of hydrogen-bond donors (Lipinski definition) is 1. The fourth-order valence-corrected chi connectivity index (χ4v) is 3.37. The number of rotatable bonds is 9. The van der Waals surface area contributed by atoms with Crippen molar-refractivity contribution in [1.29, 1.82) is 0 Å². The van der Waals surface area contributed by atoms with E-state index in [1.807, 2.05) is 36.5 Å². The number of amides is 1. The Morgan fingerprint density at radius 3 is 2.73 bits per heavy atom. The molecule has 30 heavy (non-hydrogen) atoms. The highest BCUT2D eigenvalue weighted by atomic mass is 16.5. The van der Waals surface area contributed by atoms with E-state index in [0.29, 0.717) is 25.7 Å². The van der Waals surface area contributed by atoms with Gasteiger partial charge in [-0.2, -0.15) is 5.10 Å². The van der Waals surface area contributed by atoms with Crippen LogP contribution in [-0.2, 0) is 11.3 Å². The van der Waals surface area contributed by atoms with E-state index in [1.54, 1.807) is 13.1 Å². The minimum atomic E-state index is -0.564. The number of hydrogen-bond acceptors (Lipinski definition) is 4. The first-order valence-electron chi connectivity index (χ1n) is 10.4. The lowest BCUT2D eigenvalue weighted by Crippen LogP contribution is -2.18. The molecule has 0 aliphatic carbocycles. The number of fused-ring (bicyclic) bond motifs is 1. The Balaban J connectivity index is 1.71. The van der Waals surface area contributed by atoms with Crippen LogP contribution in [0.2, 0.25) is 0 Å². The van der Waals surface area contributed by atoms with Crippen LogP contribution in [0.4, 0.5) is 4.79 Å². The first-order chi connectivity index (χ1) is 14.6. The second kappa shape index (κ2) is 10.5. The fraction of sp³-hybridized carbons (Fsp3) is 0.333. The summed E-state index contributed by atoms with van der Waals surface area (Å²) >= 11 is 0. The third kappa shape index (κ3) is 5.20. The molecule has 0 saturated heterocycles.